The van der Waals surface area contributed by atoms with Crippen molar-refractivity contribution in [3.63, 3.8) is 0 Å². The largest absolute Gasteiger partial charge is 0.379 e. The number of hydrogen-bond donors (Lipinski definition) is 2. The molecule has 3 heterocycles. The molecule has 6 nitrogen and oxygen atoms in total. The Morgan fingerprint density at radius 2 is 2.00 bits per heavy atom. The molecule has 2 aliphatic rings. The predicted octanol–water partition coefficient (Wildman–Crippen LogP) is 3.99. The minimum Gasteiger partial charge on any atom is -0.379 e. The number of amides is 1. The van der Waals surface area contributed by atoms with E-state index in [2.05, 4.69) is 32.6 Å². The van der Waals surface area contributed by atoms with Gasteiger partial charge in [-0.3, -0.25) is 14.9 Å². The van der Waals surface area contributed by atoms with Crippen molar-refractivity contribution < 1.29 is 9.53 Å². The van der Waals surface area contributed by atoms with Crippen LogP contribution in [0.2, 0.25) is 0 Å². The summed E-state index contributed by atoms with van der Waals surface area (Å²) in [4.78, 5) is 17.6. The monoisotopic (exact) mass is 404 g/mol. The second kappa shape index (κ2) is 8.56. The molecular weight excluding hydrogens is 376 g/mol. The Bertz CT molecular complexity index is 1020. The lowest BCUT2D eigenvalue weighted by Crippen LogP contribution is -2.41. The molecule has 3 aromatic rings. The number of fused-ring (bicyclic) bond motifs is 1. The third kappa shape index (κ3) is 3.84. The number of para-hydroxylation sites is 1. The fraction of sp³-hybridized carbons (Fsp3) is 0.458. The topological polar surface area (TPSA) is 79.9 Å². The van der Waals surface area contributed by atoms with Gasteiger partial charge in [0.05, 0.1) is 42.2 Å². The quantitative estimate of drug-likeness (QED) is 0.674. The van der Waals surface area contributed by atoms with Crippen LogP contribution in [-0.2, 0) is 11.2 Å². The van der Waals surface area contributed by atoms with Crippen molar-refractivity contribution >= 4 is 16.8 Å². The lowest BCUT2D eigenvalue weighted by atomic mass is 9.85. The zero-order valence-corrected chi connectivity index (χ0v) is 17.1. The van der Waals surface area contributed by atoms with Crippen LogP contribution in [0.15, 0.2) is 42.7 Å². The zero-order valence-electron chi connectivity index (χ0n) is 17.1. The smallest absolute Gasteiger partial charge is 0.255 e. The summed E-state index contributed by atoms with van der Waals surface area (Å²) in [6.45, 7) is 1.21. The second-order valence-corrected chi connectivity index (χ2v) is 8.60. The molecule has 156 valence electrons. The van der Waals surface area contributed by atoms with Gasteiger partial charge >= 0.3 is 0 Å². The molecule has 30 heavy (non-hydrogen) atoms. The number of nitrogens with one attached hydrogen (secondary N) is 2. The maximum atomic E-state index is 13.1. The van der Waals surface area contributed by atoms with Crippen LogP contribution < -0.4 is 5.32 Å². The molecule has 1 saturated heterocycles. The molecular formula is C24H28N4O2. The standard InChI is InChI=1S/C24H28N4O2/c29-24(20-13-26-28-23(20)16-6-2-1-3-7-16)27-22-15-30-14-18(22)12-17-10-11-25-21-9-5-4-8-19(17)21/h4-5,8-11,13,16,18,22H,1-3,6-7,12,14-15H2,(H,26,28)(H,27,29)/t18-,22-/m1/s1. The van der Waals surface area contributed by atoms with Crippen molar-refractivity contribution in [1.29, 1.82) is 0 Å². The Morgan fingerprint density at radius 1 is 1.13 bits per heavy atom. The fourth-order valence-electron chi connectivity index (χ4n) is 5.00. The highest BCUT2D eigenvalue weighted by molar-refractivity contribution is 5.95. The van der Waals surface area contributed by atoms with Crippen LogP contribution in [0.25, 0.3) is 10.9 Å². The molecule has 1 aromatic carbocycles. The highest BCUT2D eigenvalue weighted by Crippen LogP contribution is 2.33. The molecule has 6 heteroatoms. The van der Waals surface area contributed by atoms with E-state index in [0.29, 0.717) is 24.7 Å². The van der Waals surface area contributed by atoms with E-state index in [-0.39, 0.29) is 17.9 Å². The maximum absolute atomic E-state index is 13.1. The summed E-state index contributed by atoms with van der Waals surface area (Å²) in [6.07, 6.45) is 10.4. The van der Waals surface area contributed by atoms with Crippen LogP contribution in [0.4, 0.5) is 0 Å². The number of rotatable bonds is 5. The Balaban J connectivity index is 1.30. The van der Waals surface area contributed by atoms with E-state index in [9.17, 15) is 4.79 Å². The van der Waals surface area contributed by atoms with E-state index in [1.165, 1.54) is 30.2 Å². The number of ether oxygens (including phenoxy) is 1. The van der Waals surface area contributed by atoms with Crippen LogP contribution in [-0.4, -0.2) is 40.3 Å². The number of pyridine rings is 1. The summed E-state index contributed by atoms with van der Waals surface area (Å²) >= 11 is 0. The summed E-state index contributed by atoms with van der Waals surface area (Å²) in [5.74, 6) is 0.620. The number of H-pyrrole nitrogens is 1. The van der Waals surface area contributed by atoms with Gasteiger partial charge < -0.3 is 10.1 Å². The molecule has 1 aliphatic heterocycles. The highest BCUT2D eigenvalue weighted by Gasteiger charge is 2.32. The molecule has 0 spiro atoms. The lowest BCUT2D eigenvalue weighted by molar-refractivity contribution is 0.0923. The summed E-state index contributed by atoms with van der Waals surface area (Å²) < 4.78 is 5.77. The van der Waals surface area contributed by atoms with Crippen molar-refractivity contribution in [2.24, 2.45) is 5.92 Å². The van der Waals surface area contributed by atoms with Crippen LogP contribution in [0.1, 0.15) is 59.6 Å². The summed E-state index contributed by atoms with van der Waals surface area (Å²) in [5, 5.41) is 11.7. The van der Waals surface area contributed by atoms with E-state index in [4.69, 9.17) is 4.74 Å². The lowest BCUT2D eigenvalue weighted by Gasteiger charge is -2.23. The van der Waals surface area contributed by atoms with E-state index in [1.807, 2.05) is 24.4 Å². The van der Waals surface area contributed by atoms with Gasteiger partial charge in [-0.25, -0.2) is 0 Å². The van der Waals surface area contributed by atoms with Gasteiger partial charge in [0.15, 0.2) is 0 Å². The Hall–Kier alpha value is -2.73. The second-order valence-electron chi connectivity index (χ2n) is 8.60. The fourth-order valence-corrected chi connectivity index (χ4v) is 5.00. The highest BCUT2D eigenvalue weighted by atomic mass is 16.5. The number of hydrogen-bond acceptors (Lipinski definition) is 4. The molecule has 1 aliphatic carbocycles. The molecule has 2 aromatic heterocycles. The molecule has 1 saturated carbocycles. The van der Waals surface area contributed by atoms with Gasteiger partial charge in [-0.2, -0.15) is 5.10 Å². The molecule has 0 unspecified atom stereocenters. The molecule has 1 amide bonds. The summed E-state index contributed by atoms with van der Waals surface area (Å²) in [7, 11) is 0. The van der Waals surface area contributed by atoms with Crippen molar-refractivity contribution in [3.05, 3.63) is 59.5 Å². The first kappa shape index (κ1) is 19.2. The van der Waals surface area contributed by atoms with Gasteiger partial charge in [-0.15, -0.1) is 0 Å². The number of benzene rings is 1. The van der Waals surface area contributed by atoms with Crippen LogP contribution in [0.3, 0.4) is 0 Å². The third-order valence-corrected chi connectivity index (χ3v) is 6.66. The number of carbonyl (C=O) groups excluding carboxylic acids is 1. The first-order valence-corrected chi connectivity index (χ1v) is 11.0. The van der Waals surface area contributed by atoms with Crippen molar-refractivity contribution in [1.82, 2.24) is 20.5 Å². The van der Waals surface area contributed by atoms with E-state index < -0.39 is 0 Å². The zero-order chi connectivity index (χ0) is 20.3. The van der Waals surface area contributed by atoms with Gasteiger partial charge in [0.25, 0.3) is 5.91 Å². The maximum Gasteiger partial charge on any atom is 0.255 e. The Kier molecular flexibility index (Phi) is 5.49. The number of nitrogens with zero attached hydrogens (tertiary/aromatic N) is 2. The molecule has 2 N–H and O–H groups in total. The number of carbonyl (C=O) groups is 1. The SMILES string of the molecule is O=C(N[C@@H]1COC[C@H]1Cc1ccnc2ccccc12)c1cn[nH]c1C1CCCCC1. The van der Waals surface area contributed by atoms with Crippen molar-refractivity contribution in [2.75, 3.05) is 13.2 Å². The molecule has 5 rings (SSSR count). The van der Waals surface area contributed by atoms with Gasteiger partial charge in [-0.05, 0) is 37.0 Å². The van der Waals surface area contributed by atoms with E-state index in [1.54, 1.807) is 6.20 Å². The Labute approximate surface area is 176 Å². The van der Waals surface area contributed by atoms with E-state index in [0.717, 1.165) is 30.5 Å². The van der Waals surface area contributed by atoms with Crippen molar-refractivity contribution in [3.8, 4) is 0 Å². The molecule has 0 bridgehead atoms. The number of aromatic nitrogens is 3. The minimum atomic E-state index is -0.0376. The van der Waals surface area contributed by atoms with Crippen LogP contribution in [0, 0.1) is 5.92 Å². The van der Waals surface area contributed by atoms with Crippen LogP contribution in [0.5, 0.6) is 0 Å². The molecule has 2 atom stereocenters. The number of aromatic amines is 1. The third-order valence-electron chi connectivity index (χ3n) is 6.66. The van der Waals surface area contributed by atoms with Gasteiger partial charge in [-0.1, -0.05) is 37.5 Å². The average Bonchev–Trinajstić information content (AvgIpc) is 3.45. The first-order chi connectivity index (χ1) is 14.8. The Morgan fingerprint density at radius 3 is 2.90 bits per heavy atom. The van der Waals surface area contributed by atoms with Gasteiger partial charge in [0.2, 0.25) is 0 Å². The van der Waals surface area contributed by atoms with Gasteiger partial charge in [0, 0.05) is 23.4 Å². The normalized spacial score (nSPS) is 22.4. The predicted molar refractivity (Wildman–Crippen MR) is 115 cm³/mol. The van der Waals surface area contributed by atoms with Crippen LogP contribution >= 0.6 is 0 Å². The molecule has 0 radical (unpaired) electrons. The summed E-state index contributed by atoms with van der Waals surface area (Å²) in [5.41, 5.74) is 3.95. The van der Waals surface area contributed by atoms with Gasteiger partial charge in [0.1, 0.15) is 0 Å². The van der Waals surface area contributed by atoms with E-state index >= 15 is 0 Å². The average molecular weight is 405 g/mol. The first-order valence-electron chi connectivity index (χ1n) is 11.0. The summed E-state index contributed by atoms with van der Waals surface area (Å²) in [6, 6.07) is 10.3. The minimum absolute atomic E-state index is 0.00136. The van der Waals surface area contributed by atoms with Crippen molar-refractivity contribution in [2.45, 2.75) is 50.5 Å². The molecule has 2 fully saturated rings.